The van der Waals surface area contributed by atoms with E-state index in [0.717, 1.165) is 10.6 Å². The summed E-state index contributed by atoms with van der Waals surface area (Å²) in [6, 6.07) is 1.10. The van der Waals surface area contributed by atoms with E-state index in [0.29, 0.717) is 33.8 Å². The summed E-state index contributed by atoms with van der Waals surface area (Å²) in [5.74, 6) is 0.296. The number of thiol groups is 1. The van der Waals surface area contributed by atoms with Crippen molar-refractivity contribution in [2.75, 3.05) is 25.6 Å². The van der Waals surface area contributed by atoms with E-state index in [1.54, 1.807) is 11.5 Å². The minimum Gasteiger partial charge on any atom is -0.506 e. The summed E-state index contributed by atoms with van der Waals surface area (Å²) in [6.45, 7) is -3.81. The number of anilines is 1. The van der Waals surface area contributed by atoms with E-state index in [-0.39, 0.29) is 25.3 Å². The molecule has 270 valence electrons. The number of aromatic hydroxyl groups is 1. The summed E-state index contributed by atoms with van der Waals surface area (Å²) in [5.41, 5.74) is 0.639. The zero-order chi connectivity index (χ0) is 35.7. The fraction of sp³-hybridized carbons (Fsp3) is 0.500. The van der Waals surface area contributed by atoms with Crippen molar-refractivity contribution in [3.63, 3.8) is 0 Å². The van der Waals surface area contributed by atoms with Crippen molar-refractivity contribution in [3.8, 4) is 5.75 Å². The highest BCUT2D eigenvalue weighted by atomic mass is 32.7. The van der Waals surface area contributed by atoms with Gasteiger partial charge < -0.3 is 40.0 Å². The number of methoxy groups -OCH3 is 1. The molecule has 0 amide bonds. The Balaban J connectivity index is 1.11. The van der Waals surface area contributed by atoms with Crippen LogP contribution in [0.25, 0.3) is 11.2 Å². The van der Waals surface area contributed by atoms with Gasteiger partial charge >= 0.3 is 12.5 Å². The van der Waals surface area contributed by atoms with Crippen LogP contribution in [0.2, 0.25) is 0 Å². The third-order valence-electron chi connectivity index (χ3n) is 8.43. The Hall–Kier alpha value is -3.76. The molecule has 22 heteroatoms. The van der Waals surface area contributed by atoms with Crippen LogP contribution in [0.5, 0.6) is 5.75 Å². The Morgan fingerprint density at radius 3 is 2.66 bits per heavy atom. The van der Waals surface area contributed by atoms with E-state index in [4.69, 9.17) is 23.3 Å². The predicted molar refractivity (Wildman–Crippen MR) is 174 cm³/mol. The van der Waals surface area contributed by atoms with Crippen LogP contribution < -0.4 is 16.6 Å². The standard InChI is InChI=1S/C28H35N8O12PS/c1-13-22(41)15(14(8-37)6-29-13)7-30-25-21-26(32-11-31-25)36(12-33-21)20-5-16(39)18(46-20)10-45-49(43,50)48-23-17(9-38)47-27(24(23)44-2)35-4-3-19(40)34-28(35)42/h3-4,6,11-12,16-18,20,23-24,27,37-39,41H,5,7-10H2,1-2H3,(H,43,50)(H,30,31,32)(H,34,40,42)/t16?,17-,18-,20-,23?,24?,27-,49?/m1/s1. The average molecular weight is 739 g/mol. The molecule has 0 radical (unpaired) electrons. The molecule has 6 N–H and O–H groups in total. The topological polar surface area (TPSA) is 268 Å². The highest BCUT2D eigenvalue weighted by molar-refractivity contribution is 8.44. The first-order valence-corrected chi connectivity index (χ1v) is 17.9. The number of rotatable bonds is 13. The van der Waals surface area contributed by atoms with Crippen molar-refractivity contribution in [2.45, 2.75) is 69.5 Å². The molecule has 20 nitrogen and oxygen atoms in total. The van der Waals surface area contributed by atoms with Crippen LogP contribution in [0.15, 0.2) is 40.7 Å². The molecule has 4 aromatic heterocycles. The van der Waals surface area contributed by atoms with Gasteiger partial charge in [-0.1, -0.05) is 12.2 Å². The Morgan fingerprint density at radius 1 is 1.14 bits per heavy atom. The van der Waals surface area contributed by atoms with Crippen LogP contribution in [-0.4, -0.2) is 105 Å². The fourth-order valence-corrected chi connectivity index (χ4v) is 7.34. The summed E-state index contributed by atoms with van der Waals surface area (Å²) < 4.78 is 44.4. The zero-order valence-electron chi connectivity index (χ0n) is 26.6. The van der Waals surface area contributed by atoms with E-state index in [2.05, 4.69) is 42.5 Å². The fourth-order valence-electron chi connectivity index (χ4n) is 5.85. The Bertz CT molecular complexity index is 2010. The molecule has 0 spiro atoms. The lowest BCUT2D eigenvalue weighted by Gasteiger charge is -2.26. The number of ether oxygens (including phenoxy) is 3. The first-order chi connectivity index (χ1) is 23.9. The van der Waals surface area contributed by atoms with Gasteiger partial charge in [0.1, 0.15) is 42.7 Å². The van der Waals surface area contributed by atoms with Gasteiger partial charge in [0, 0.05) is 49.7 Å². The van der Waals surface area contributed by atoms with Gasteiger partial charge in [-0.25, -0.2) is 24.3 Å². The van der Waals surface area contributed by atoms with Crippen LogP contribution in [0.3, 0.4) is 0 Å². The third kappa shape index (κ3) is 7.19. The molecule has 0 saturated carbocycles. The molecule has 0 aromatic carbocycles. The molecule has 4 unspecified atom stereocenters. The number of aromatic nitrogens is 7. The van der Waals surface area contributed by atoms with Crippen molar-refractivity contribution in [1.29, 1.82) is 0 Å². The maximum atomic E-state index is 13.4. The van der Waals surface area contributed by atoms with Crippen LogP contribution in [0.1, 0.15) is 35.7 Å². The van der Waals surface area contributed by atoms with Crippen molar-refractivity contribution < 1.29 is 48.2 Å². The molecule has 6 heterocycles. The van der Waals surface area contributed by atoms with Gasteiger partial charge in [0.15, 0.2) is 23.2 Å². The minimum absolute atomic E-state index is 0.0483. The summed E-state index contributed by atoms with van der Waals surface area (Å²) in [5, 5.41) is 44.1. The zero-order valence-corrected chi connectivity index (χ0v) is 28.4. The van der Waals surface area contributed by atoms with Gasteiger partial charge in [-0.05, 0) is 6.92 Å². The Kier molecular flexibility index (Phi) is 10.7. The van der Waals surface area contributed by atoms with Gasteiger partial charge in [0.2, 0.25) is 0 Å². The first kappa shape index (κ1) is 36.0. The minimum atomic E-state index is -4.23. The molecule has 2 aliphatic heterocycles. The molecule has 6 rings (SSSR count). The van der Waals surface area contributed by atoms with E-state index >= 15 is 0 Å². The van der Waals surface area contributed by atoms with E-state index in [1.165, 1.54) is 32.2 Å². The Morgan fingerprint density at radius 2 is 1.94 bits per heavy atom. The maximum Gasteiger partial charge on any atom is 0.386 e. The van der Waals surface area contributed by atoms with Crippen LogP contribution in [-0.2, 0) is 41.0 Å². The molecular weight excluding hydrogens is 703 g/mol. The van der Waals surface area contributed by atoms with Gasteiger partial charge in [0.05, 0.1) is 37.9 Å². The van der Waals surface area contributed by atoms with Crippen LogP contribution in [0, 0.1) is 6.92 Å². The number of nitrogens with one attached hydrogen (secondary N) is 2. The quantitative estimate of drug-likeness (QED) is 0.0696. The summed E-state index contributed by atoms with van der Waals surface area (Å²) >= 11 is 4.08. The smallest absolute Gasteiger partial charge is 0.386 e. The molecule has 2 saturated heterocycles. The highest BCUT2D eigenvalue weighted by Gasteiger charge is 2.50. The molecule has 50 heavy (non-hydrogen) atoms. The second-order valence-electron chi connectivity index (χ2n) is 11.5. The number of nitrogens with zero attached hydrogens (tertiary/aromatic N) is 6. The SMILES string of the molecule is COC1C(OP(=O)(S)OC[C@H]2O[C@@H](n3cnc4c(NCc5c(CO)cnc(C)c5O)ncnc43)CC2O)[C@@H](CO)O[C@H]1n1ccc(=O)[nH]c1=O. The number of H-pyrrole nitrogens is 1. The second-order valence-corrected chi connectivity index (χ2v) is 14.4. The lowest BCUT2D eigenvalue weighted by Crippen LogP contribution is -2.39. The molecular formula is C28H35N8O12PS. The monoisotopic (exact) mass is 738 g/mol. The number of aliphatic hydroxyl groups is 3. The van der Waals surface area contributed by atoms with E-state index < -0.39 is 74.2 Å². The van der Waals surface area contributed by atoms with Crippen molar-refractivity contribution >= 4 is 36.0 Å². The van der Waals surface area contributed by atoms with Gasteiger partial charge in [-0.2, -0.15) is 0 Å². The van der Waals surface area contributed by atoms with Crippen molar-refractivity contribution in [1.82, 2.24) is 34.1 Å². The number of pyridine rings is 1. The Labute approximate surface area is 287 Å². The van der Waals surface area contributed by atoms with Gasteiger partial charge in [-0.15, -0.1) is 0 Å². The van der Waals surface area contributed by atoms with Gasteiger partial charge in [-0.3, -0.25) is 32.9 Å². The molecule has 2 aliphatic rings. The van der Waals surface area contributed by atoms with Crippen LogP contribution >= 0.6 is 19.0 Å². The van der Waals surface area contributed by atoms with E-state index in [9.17, 15) is 34.6 Å². The largest absolute Gasteiger partial charge is 0.506 e. The normalized spacial score (nSPS) is 26.4. The number of aryl methyl sites for hydroxylation is 1. The number of aliphatic hydroxyl groups excluding tert-OH is 3. The molecule has 8 atom stereocenters. The second kappa shape index (κ2) is 14.8. The summed E-state index contributed by atoms with van der Waals surface area (Å²) in [4.78, 5) is 43.1. The lowest BCUT2D eigenvalue weighted by atomic mass is 10.1. The first-order valence-electron chi connectivity index (χ1n) is 15.2. The summed E-state index contributed by atoms with van der Waals surface area (Å²) in [6.07, 6.45) is -1.82. The molecule has 0 bridgehead atoms. The third-order valence-corrected chi connectivity index (χ3v) is 10.0. The molecule has 2 fully saturated rings. The van der Waals surface area contributed by atoms with Gasteiger partial charge in [0.25, 0.3) is 5.56 Å². The molecule has 4 aromatic rings. The highest BCUT2D eigenvalue weighted by Crippen LogP contribution is 2.56. The molecule has 0 aliphatic carbocycles. The number of hydrogen-bond donors (Lipinski definition) is 7. The number of aromatic amines is 1. The number of imidazole rings is 1. The number of hydrogen-bond acceptors (Lipinski definition) is 17. The lowest BCUT2D eigenvalue weighted by molar-refractivity contribution is -0.0625. The van der Waals surface area contributed by atoms with Crippen molar-refractivity contribution in [3.05, 3.63) is 68.8 Å². The van der Waals surface area contributed by atoms with E-state index in [1.807, 2.05) is 0 Å². The summed E-state index contributed by atoms with van der Waals surface area (Å²) in [7, 11) is 1.30. The average Bonchev–Trinajstić information content (AvgIpc) is 3.79. The predicted octanol–water partition coefficient (Wildman–Crippen LogP) is -0.117. The number of fused-ring (bicyclic) bond motifs is 1. The van der Waals surface area contributed by atoms with Crippen LogP contribution in [0.4, 0.5) is 5.82 Å². The maximum absolute atomic E-state index is 13.4. The van der Waals surface area contributed by atoms with Crippen molar-refractivity contribution in [2.24, 2.45) is 0 Å².